The first kappa shape index (κ1) is 17.4. The number of aromatic nitrogens is 2. The van der Waals surface area contributed by atoms with E-state index in [0.29, 0.717) is 22.5 Å². The van der Waals surface area contributed by atoms with Gasteiger partial charge < -0.3 is 11.5 Å². The molecule has 0 fully saturated rings. The van der Waals surface area contributed by atoms with E-state index in [4.69, 9.17) is 11.5 Å². The third-order valence-corrected chi connectivity index (χ3v) is 4.52. The van der Waals surface area contributed by atoms with Crippen molar-refractivity contribution in [3.8, 4) is 22.3 Å². The van der Waals surface area contributed by atoms with Crippen molar-refractivity contribution in [3.63, 3.8) is 0 Å². The van der Waals surface area contributed by atoms with E-state index in [-0.39, 0.29) is 17.2 Å². The summed E-state index contributed by atoms with van der Waals surface area (Å²) in [7, 11) is 0. The standard InChI is InChI=1S/C23H18N4O/c24-17-11-13-26-21(19(17)15-7-3-1-4-8-15)23(28)22-20(18(25)12-14-27-22)16-9-5-2-6-10-16/h1-14H,(H2,24,26)(H2,25,27). The zero-order chi connectivity index (χ0) is 19.5. The maximum atomic E-state index is 13.5. The smallest absolute Gasteiger partial charge is 0.231 e. The molecule has 5 nitrogen and oxygen atoms in total. The van der Waals surface area contributed by atoms with Crippen molar-refractivity contribution in [1.29, 1.82) is 0 Å². The van der Waals surface area contributed by atoms with Crippen LogP contribution in [0.3, 0.4) is 0 Å². The van der Waals surface area contributed by atoms with E-state index >= 15 is 0 Å². The Morgan fingerprint density at radius 1 is 0.607 bits per heavy atom. The monoisotopic (exact) mass is 366 g/mol. The molecule has 5 heteroatoms. The molecular weight excluding hydrogens is 348 g/mol. The van der Waals surface area contributed by atoms with Crippen molar-refractivity contribution < 1.29 is 4.79 Å². The fourth-order valence-corrected chi connectivity index (χ4v) is 3.23. The van der Waals surface area contributed by atoms with E-state index < -0.39 is 0 Å². The van der Waals surface area contributed by atoms with Gasteiger partial charge in [0, 0.05) is 34.9 Å². The summed E-state index contributed by atoms with van der Waals surface area (Å²) in [5, 5.41) is 0. The van der Waals surface area contributed by atoms with Gasteiger partial charge in [-0.3, -0.25) is 14.8 Å². The number of carbonyl (C=O) groups is 1. The zero-order valence-electron chi connectivity index (χ0n) is 15.0. The fourth-order valence-electron chi connectivity index (χ4n) is 3.23. The molecular formula is C23H18N4O. The van der Waals surface area contributed by atoms with Gasteiger partial charge in [-0.05, 0) is 23.3 Å². The predicted octanol–water partition coefficient (Wildman–Crippen LogP) is 4.21. The van der Waals surface area contributed by atoms with Crippen LogP contribution in [-0.2, 0) is 0 Å². The summed E-state index contributed by atoms with van der Waals surface area (Å²) in [6.45, 7) is 0. The number of pyridine rings is 2. The van der Waals surface area contributed by atoms with Gasteiger partial charge in [-0.2, -0.15) is 0 Å². The second-order valence-electron chi connectivity index (χ2n) is 6.31. The van der Waals surface area contributed by atoms with Crippen molar-refractivity contribution >= 4 is 17.2 Å². The molecule has 0 saturated heterocycles. The number of benzene rings is 2. The Hall–Kier alpha value is -3.99. The van der Waals surface area contributed by atoms with Gasteiger partial charge in [0.05, 0.1) is 0 Å². The molecule has 28 heavy (non-hydrogen) atoms. The molecule has 136 valence electrons. The summed E-state index contributed by atoms with van der Waals surface area (Å²) in [5.74, 6) is -0.322. The highest BCUT2D eigenvalue weighted by Gasteiger charge is 2.24. The highest BCUT2D eigenvalue weighted by Crippen LogP contribution is 2.33. The van der Waals surface area contributed by atoms with Gasteiger partial charge in [-0.15, -0.1) is 0 Å². The maximum absolute atomic E-state index is 13.5. The molecule has 0 saturated carbocycles. The highest BCUT2D eigenvalue weighted by molar-refractivity contribution is 6.15. The predicted molar refractivity (Wildman–Crippen MR) is 112 cm³/mol. The Balaban J connectivity index is 1.92. The van der Waals surface area contributed by atoms with Crippen molar-refractivity contribution in [3.05, 3.63) is 96.6 Å². The van der Waals surface area contributed by atoms with Crippen molar-refractivity contribution in [1.82, 2.24) is 9.97 Å². The molecule has 2 heterocycles. The van der Waals surface area contributed by atoms with E-state index in [1.807, 2.05) is 60.7 Å². The van der Waals surface area contributed by atoms with E-state index in [1.54, 1.807) is 12.1 Å². The molecule has 2 aromatic heterocycles. The molecule has 0 bridgehead atoms. The quantitative estimate of drug-likeness (QED) is 0.528. The normalized spacial score (nSPS) is 10.6. The van der Waals surface area contributed by atoms with Crippen LogP contribution in [0, 0.1) is 0 Å². The third kappa shape index (κ3) is 3.10. The molecule has 4 rings (SSSR count). The zero-order valence-corrected chi connectivity index (χ0v) is 15.0. The summed E-state index contributed by atoms with van der Waals surface area (Å²) in [6, 6.07) is 22.3. The Morgan fingerprint density at radius 2 is 1.00 bits per heavy atom. The Morgan fingerprint density at radius 3 is 1.39 bits per heavy atom. The summed E-state index contributed by atoms with van der Waals surface area (Å²) in [5.41, 5.74) is 16.7. The summed E-state index contributed by atoms with van der Waals surface area (Å²) >= 11 is 0. The molecule has 0 aliphatic carbocycles. The summed E-state index contributed by atoms with van der Waals surface area (Å²) < 4.78 is 0. The van der Waals surface area contributed by atoms with Gasteiger partial charge in [-0.1, -0.05) is 60.7 Å². The molecule has 0 spiro atoms. The van der Waals surface area contributed by atoms with Crippen LogP contribution in [0.5, 0.6) is 0 Å². The summed E-state index contributed by atoms with van der Waals surface area (Å²) in [4.78, 5) is 22.2. The first-order chi connectivity index (χ1) is 13.7. The lowest BCUT2D eigenvalue weighted by atomic mass is 9.94. The van der Waals surface area contributed by atoms with Crippen LogP contribution in [0.25, 0.3) is 22.3 Å². The fraction of sp³-hybridized carbons (Fsp3) is 0. The number of nitrogens with zero attached hydrogens (tertiary/aromatic N) is 2. The first-order valence-electron chi connectivity index (χ1n) is 8.81. The average molecular weight is 366 g/mol. The number of hydrogen-bond donors (Lipinski definition) is 2. The maximum Gasteiger partial charge on any atom is 0.231 e. The van der Waals surface area contributed by atoms with Crippen LogP contribution in [0.15, 0.2) is 85.2 Å². The Labute approximate surface area is 162 Å². The molecule has 4 aromatic rings. The van der Waals surface area contributed by atoms with Gasteiger partial charge >= 0.3 is 0 Å². The average Bonchev–Trinajstić information content (AvgIpc) is 2.74. The van der Waals surface area contributed by atoms with Gasteiger partial charge in [0.2, 0.25) is 5.78 Å². The van der Waals surface area contributed by atoms with Crippen LogP contribution in [0.1, 0.15) is 16.2 Å². The number of nitrogen functional groups attached to an aromatic ring is 2. The van der Waals surface area contributed by atoms with Crippen molar-refractivity contribution in [2.45, 2.75) is 0 Å². The largest absolute Gasteiger partial charge is 0.398 e. The summed E-state index contributed by atoms with van der Waals surface area (Å²) in [6.07, 6.45) is 3.06. The minimum absolute atomic E-state index is 0.251. The molecule has 0 atom stereocenters. The van der Waals surface area contributed by atoms with E-state index in [9.17, 15) is 4.79 Å². The number of rotatable bonds is 4. The number of nitrogens with two attached hydrogens (primary N) is 2. The van der Waals surface area contributed by atoms with E-state index in [1.165, 1.54) is 12.4 Å². The van der Waals surface area contributed by atoms with Crippen molar-refractivity contribution in [2.75, 3.05) is 11.5 Å². The van der Waals surface area contributed by atoms with Gasteiger partial charge in [0.25, 0.3) is 0 Å². The second kappa shape index (κ2) is 7.32. The SMILES string of the molecule is Nc1ccnc(C(=O)c2nccc(N)c2-c2ccccc2)c1-c1ccccc1. The minimum Gasteiger partial charge on any atom is -0.398 e. The lowest BCUT2D eigenvalue weighted by Gasteiger charge is -2.14. The molecule has 0 aliphatic rings. The number of carbonyl (C=O) groups excluding carboxylic acids is 1. The van der Waals surface area contributed by atoms with Gasteiger partial charge in [0.15, 0.2) is 0 Å². The minimum atomic E-state index is -0.322. The molecule has 4 N–H and O–H groups in total. The topological polar surface area (TPSA) is 94.9 Å². The Kier molecular flexibility index (Phi) is 4.56. The molecule has 0 radical (unpaired) electrons. The molecule has 0 unspecified atom stereocenters. The first-order valence-corrected chi connectivity index (χ1v) is 8.81. The van der Waals surface area contributed by atoms with Crippen LogP contribution < -0.4 is 11.5 Å². The van der Waals surface area contributed by atoms with Crippen LogP contribution in [-0.4, -0.2) is 15.8 Å². The third-order valence-electron chi connectivity index (χ3n) is 4.52. The molecule has 0 aliphatic heterocycles. The second-order valence-corrected chi connectivity index (χ2v) is 6.31. The van der Waals surface area contributed by atoms with Gasteiger partial charge in [-0.25, -0.2) is 0 Å². The van der Waals surface area contributed by atoms with Crippen LogP contribution in [0.2, 0.25) is 0 Å². The number of anilines is 2. The number of hydrogen-bond acceptors (Lipinski definition) is 5. The number of ketones is 1. The van der Waals surface area contributed by atoms with Crippen LogP contribution in [0.4, 0.5) is 11.4 Å². The van der Waals surface area contributed by atoms with Gasteiger partial charge in [0.1, 0.15) is 11.4 Å². The van der Waals surface area contributed by atoms with Crippen LogP contribution >= 0.6 is 0 Å². The highest BCUT2D eigenvalue weighted by atomic mass is 16.1. The molecule has 0 amide bonds. The lowest BCUT2D eigenvalue weighted by molar-refractivity contribution is 0.103. The molecule has 2 aromatic carbocycles. The van der Waals surface area contributed by atoms with E-state index in [0.717, 1.165) is 11.1 Å². The van der Waals surface area contributed by atoms with Crippen molar-refractivity contribution in [2.24, 2.45) is 0 Å². The Bertz CT molecular complexity index is 1050. The van der Waals surface area contributed by atoms with E-state index in [2.05, 4.69) is 9.97 Å². The lowest BCUT2D eigenvalue weighted by Crippen LogP contribution is -2.12.